The Morgan fingerprint density at radius 1 is 1.09 bits per heavy atom. The maximum absolute atomic E-state index is 12.2. The summed E-state index contributed by atoms with van der Waals surface area (Å²) in [7, 11) is 1.33. The van der Waals surface area contributed by atoms with Crippen molar-refractivity contribution in [2.75, 3.05) is 12.4 Å². The predicted molar refractivity (Wildman–Crippen MR) is 84.4 cm³/mol. The van der Waals surface area contributed by atoms with E-state index in [0.29, 0.717) is 5.02 Å². The van der Waals surface area contributed by atoms with Gasteiger partial charge in [-0.2, -0.15) is 0 Å². The monoisotopic (exact) mass is 339 g/mol. The van der Waals surface area contributed by atoms with Gasteiger partial charge < -0.3 is 15.2 Å². The van der Waals surface area contributed by atoms with E-state index >= 15 is 0 Å². The quantitative estimate of drug-likeness (QED) is 0.884. The molecule has 0 heterocycles. The first-order valence-electron chi connectivity index (χ1n) is 6.10. The molecule has 0 aliphatic heterocycles. The van der Waals surface area contributed by atoms with Gasteiger partial charge in [-0.05, 0) is 18.2 Å². The Bertz CT molecular complexity index is 746. The Hall–Kier alpha value is -2.24. The summed E-state index contributed by atoms with van der Waals surface area (Å²) in [6.45, 7) is 0. The highest BCUT2D eigenvalue weighted by molar-refractivity contribution is 6.36. The van der Waals surface area contributed by atoms with Crippen LogP contribution in [0.15, 0.2) is 36.4 Å². The van der Waals surface area contributed by atoms with E-state index in [4.69, 9.17) is 33.0 Å². The highest BCUT2D eigenvalue weighted by atomic mass is 35.5. The van der Waals surface area contributed by atoms with Gasteiger partial charge in [-0.1, -0.05) is 35.3 Å². The summed E-state index contributed by atoms with van der Waals surface area (Å²) in [5.74, 6) is -1.55. The fraction of sp³-hybridized carbons (Fsp3) is 0.0667. The Balaban J connectivity index is 2.36. The number of carbonyl (C=O) groups is 2. The first-order chi connectivity index (χ1) is 10.4. The molecule has 2 aromatic carbocycles. The van der Waals surface area contributed by atoms with Crippen molar-refractivity contribution in [3.63, 3.8) is 0 Å². The number of nitrogens with one attached hydrogen (secondary N) is 1. The van der Waals surface area contributed by atoms with E-state index in [9.17, 15) is 9.59 Å². The Morgan fingerprint density at radius 3 is 2.36 bits per heavy atom. The third-order valence-electron chi connectivity index (χ3n) is 2.89. The van der Waals surface area contributed by atoms with Crippen molar-refractivity contribution in [2.45, 2.75) is 0 Å². The molecule has 0 saturated carbocycles. The van der Waals surface area contributed by atoms with Crippen LogP contribution in [0, 0.1) is 0 Å². The van der Waals surface area contributed by atoms with Crippen molar-refractivity contribution in [1.29, 1.82) is 0 Å². The molecule has 0 radical (unpaired) electrons. The molecule has 7 heteroatoms. The number of methoxy groups -OCH3 is 1. The van der Waals surface area contributed by atoms with Gasteiger partial charge in [-0.25, -0.2) is 4.79 Å². The zero-order valence-corrected chi connectivity index (χ0v) is 12.9. The lowest BCUT2D eigenvalue weighted by Crippen LogP contribution is -2.13. The second-order valence-electron chi connectivity index (χ2n) is 4.27. The molecule has 0 aromatic heterocycles. The lowest BCUT2D eigenvalue weighted by molar-refractivity contribution is 0.0693. The van der Waals surface area contributed by atoms with Gasteiger partial charge in [-0.3, -0.25) is 4.79 Å². The van der Waals surface area contributed by atoms with Crippen LogP contribution in [0.4, 0.5) is 5.69 Å². The van der Waals surface area contributed by atoms with Crippen molar-refractivity contribution < 1.29 is 19.4 Å². The zero-order valence-electron chi connectivity index (χ0n) is 11.4. The number of amides is 1. The average Bonchev–Trinajstić information content (AvgIpc) is 2.49. The second kappa shape index (κ2) is 6.68. The van der Waals surface area contributed by atoms with E-state index in [0.717, 1.165) is 0 Å². The molecule has 2 aromatic rings. The summed E-state index contributed by atoms with van der Waals surface area (Å²) >= 11 is 12.0. The number of carbonyl (C=O) groups excluding carboxylic acids is 1. The molecule has 0 saturated heterocycles. The first kappa shape index (κ1) is 16.1. The molecule has 114 valence electrons. The number of carboxylic acids is 1. The fourth-order valence-electron chi connectivity index (χ4n) is 1.82. The van der Waals surface area contributed by atoms with E-state index < -0.39 is 11.9 Å². The molecule has 0 fully saturated rings. The van der Waals surface area contributed by atoms with Crippen LogP contribution in [0.2, 0.25) is 10.0 Å². The molecular weight excluding hydrogens is 329 g/mol. The number of ether oxygens (including phenoxy) is 1. The van der Waals surface area contributed by atoms with Gasteiger partial charge in [0.25, 0.3) is 5.91 Å². The molecule has 22 heavy (non-hydrogen) atoms. The molecule has 2 N–H and O–H groups in total. The Kier molecular flexibility index (Phi) is 4.90. The smallest absolute Gasteiger partial charge is 0.339 e. The lowest BCUT2D eigenvalue weighted by Gasteiger charge is -2.12. The summed E-state index contributed by atoms with van der Waals surface area (Å²) in [5.41, 5.74) is 0.415. The van der Waals surface area contributed by atoms with Crippen molar-refractivity contribution >= 4 is 40.8 Å². The SMILES string of the molecule is COc1cc(NC(=O)c2ccccc2Cl)c(Cl)cc1C(=O)O. The minimum absolute atomic E-state index is 0.0820. The predicted octanol–water partition coefficient (Wildman–Crippen LogP) is 3.95. The first-order valence-corrected chi connectivity index (χ1v) is 6.86. The molecule has 0 atom stereocenters. The number of benzene rings is 2. The number of anilines is 1. The average molecular weight is 340 g/mol. The number of halogens is 2. The van der Waals surface area contributed by atoms with Gasteiger partial charge in [0.15, 0.2) is 0 Å². The van der Waals surface area contributed by atoms with E-state index in [1.54, 1.807) is 24.3 Å². The molecule has 0 bridgehead atoms. The van der Waals surface area contributed by atoms with Crippen LogP contribution in [0.3, 0.4) is 0 Å². The van der Waals surface area contributed by atoms with Crippen LogP contribution >= 0.6 is 23.2 Å². The van der Waals surface area contributed by atoms with Gasteiger partial charge in [0, 0.05) is 6.07 Å². The normalized spacial score (nSPS) is 10.1. The summed E-state index contributed by atoms with van der Waals surface area (Å²) < 4.78 is 5.00. The molecule has 0 spiro atoms. The summed E-state index contributed by atoms with van der Waals surface area (Å²) in [4.78, 5) is 23.3. The largest absolute Gasteiger partial charge is 0.496 e. The highest BCUT2D eigenvalue weighted by Crippen LogP contribution is 2.31. The van der Waals surface area contributed by atoms with Crippen molar-refractivity contribution in [3.8, 4) is 5.75 Å². The second-order valence-corrected chi connectivity index (χ2v) is 5.09. The van der Waals surface area contributed by atoms with Crippen molar-refractivity contribution in [1.82, 2.24) is 0 Å². The molecule has 2 rings (SSSR count). The fourth-order valence-corrected chi connectivity index (χ4v) is 2.25. The Labute approximate surface area is 136 Å². The number of hydrogen-bond acceptors (Lipinski definition) is 3. The van der Waals surface area contributed by atoms with Gasteiger partial charge in [0.1, 0.15) is 11.3 Å². The molecule has 0 unspecified atom stereocenters. The van der Waals surface area contributed by atoms with Crippen LogP contribution in [-0.2, 0) is 0 Å². The number of aromatic carboxylic acids is 1. The van der Waals surface area contributed by atoms with Crippen LogP contribution in [0.5, 0.6) is 5.75 Å². The van der Waals surface area contributed by atoms with Gasteiger partial charge in [0.2, 0.25) is 0 Å². The molecular formula is C15H11Cl2NO4. The van der Waals surface area contributed by atoms with E-state index in [-0.39, 0.29) is 27.6 Å². The number of carboxylic acid groups (broad SMARTS) is 1. The summed E-state index contributed by atoms with van der Waals surface area (Å²) in [6.07, 6.45) is 0. The lowest BCUT2D eigenvalue weighted by atomic mass is 10.1. The maximum Gasteiger partial charge on any atom is 0.339 e. The van der Waals surface area contributed by atoms with E-state index in [1.807, 2.05) is 0 Å². The van der Waals surface area contributed by atoms with Gasteiger partial charge in [-0.15, -0.1) is 0 Å². The molecule has 5 nitrogen and oxygen atoms in total. The molecule has 0 aliphatic rings. The van der Waals surface area contributed by atoms with Crippen LogP contribution in [0.25, 0.3) is 0 Å². The van der Waals surface area contributed by atoms with Crippen LogP contribution in [0.1, 0.15) is 20.7 Å². The summed E-state index contributed by atoms with van der Waals surface area (Å²) in [5, 5.41) is 12.0. The standard InChI is InChI=1S/C15H11Cl2NO4/c1-22-13-7-12(11(17)6-9(13)15(20)21)18-14(19)8-4-2-3-5-10(8)16/h2-7H,1H3,(H,18,19)(H,20,21). The molecule has 0 aliphatic carbocycles. The van der Waals surface area contributed by atoms with Gasteiger partial charge >= 0.3 is 5.97 Å². The van der Waals surface area contributed by atoms with Crippen LogP contribution in [-0.4, -0.2) is 24.1 Å². The number of rotatable bonds is 4. The van der Waals surface area contributed by atoms with Crippen molar-refractivity contribution in [3.05, 3.63) is 57.6 Å². The van der Waals surface area contributed by atoms with E-state index in [1.165, 1.54) is 19.2 Å². The topological polar surface area (TPSA) is 75.6 Å². The van der Waals surface area contributed by atoms with Gasteiger partial charge in [0.05, 0.1) is 28.4 Å². The Morgan fingerprint density at radius 2 is 1.77 bits per heavy atom. The summed E-state index contributed by atoms with van der Waals surface area (Å²) in [6, 6.07) is 9.10. The maximum atomic E-state index is 12.2. The van der Waals surface area contributed by atoms with Crippen molar-refractivity contribution in [2.24, 2.45) is 0 Å². The third-order valence-corrected chi connectivity index (χ3v) is 3.53. The number of hydrogen-bond donors (Lipinski definition) is 2. The highest BCUT2D eigenvalue weighted by Gasteiger charge is 2.17. The third kappa shape index (κ3) is 3.32. The van der Waals surface area contributed by atoms with Crippen LogP contribution < -0.4 is 10.1 Å². The molecule has 1 amide bonds. The van der Waals surface area contributed by atoms with E-state index in [2.05, 4.69) is 5.32 Å². The minimum Gasteiger partial charge on any atom is -0.496 e. The zero-order chi connectivity index (χ0) is 16.3. The minimum atomic E-state index is -1.18.